The maximum Gasteiger partial charge on any atom is 0.180 e. The summed E-state index contributed by atoms with van der Waals surface area (Å²) >= 11 is 0. The first-order chi connectivity index (χ1) is 13.0. The highest BCUT2D eigenvalue weighted by molar-refractivity contribution is 5.90. The highest BCUT2D eigenvalue weighted by Gasteiger charge is 2.48. The maximum absolute atomic E-state index is 11.1. The van der Waals surface area contributed by atoms with E-state index in [0.717, 1.165) is 57.8 Å². The second kappa shape index (κ2) is 11.3. The van der Waals surface area contributed by atoms with E-state index in [1.165, 1.54) is 6.08 Å². The van der Waals surface area contributed by atoms with Crippen molar-refractivity contribution >= 4 is 5.78 Å². The normalized spacial score (nSPS) is 32.7. The fourth-order valence-corrected chi connectivity index (χ4v) is 4.87. The van der Waals surface area contributed by atoms with Gasteiger partial charge in [0.15, 0.2) is 5.78 Å². The van der Waals surface area contributed by atoms with Crippen LogP contribution in [0.15, 0.2) is 12.2 Å². The first kappa shape index (κ1) is 22.5. The molecule has 7 atom stereocenters. The molecule has 3 N–H and O–H groups in total. The van der Waals surface area contributed by atoms with Gasteiger partial charge in [-0.15, -0.1) is 0 Å². The number of hydrogen-bond donors (Lipinski definition) is 3. The van der Waals surface area contributed by atoms with Crippen LogP contribution >= 0.6 is 0 Å². The fourth-order valence-electron chi connectivity index (χ4n) is 4.87. The zero-order valence-electron chi connectivity index (χ0n) is 16.9. The summed E-state index contributed by atoms with van der Waals surface area (Å²) in [5.41, 5.74) is 0. The molecule has 2 aliphatic rings. The number of carbonyl (C=O) groups is 1. The predicted molar refractivity (Wildman–Crippen MR) is 105 cm³/mol. The molecule has 0 radical (unpaired) electrons. The Morgan fingerprint density at radius 1 is 1.26 bits per heavy atom. The molecular weight excluding hydrogens is 344 g/mol. The van der Waals surface area contributed by atoms with Crippen LogP contribution in [0.5, 0.6) is 0 Å². The Kier molecular flexibility index (Phi) is 9.43. The second-order valence-electron chi connectivity index (χ2n) is 8.53. The van der Waals surface area contributed by atoms with Crippen molar-refractivity contribution in [3.8, 4) is 0 Å². The summed E-state index contributed by atoms with van der Waals surface area (Å²) < 4.78 is 6.14. The summed E-state index contributed by atoms with van der Waals surface area (Å²) in [5.74, 6) is 0.775. The van der Waals surface area contributed by atoms with Crippen LogP contribution in [0, 0.1) is 17.8 Å². The van der Waals surface area contributed by atoms with E-state index < -0.39 is 6.61 Å². The Hall–Kier alpha value is -0.750. The van der Waals surface area contributed by atoms with Gasteiger partial charge in [0.05, 0.1) is 24.4 Å². The summed E-state index contributed by atoms with van der Waals surface area (Å²) in [4.78, 5) is 11.1. The Bertz CT molecular complexity index is 477. The van der Waals surface area contributed by atoms with Crippen molar-refractivity contribution in [1.82, 2.24) is 0 Å². The third kappa shape index (κ3) is 6.67. The summed E-state index contributed by atoms with van der Waals surface area (Å²) in [6.07, 6.45) is 11.3. The highest BCUT2D eigenvalue weighted by atomic mass is 16.5. The molecule has 5 heteroatoms. The third-order valence-electron chi connectivity index (χ3n) is 6.45. The lowest BCUT2D eigenvalue weighted by Gasteiger charge is -2.23. The van der Waals surface area contributed by atoms with Gasteiger partial charge < -0.3 is 20.1 Å². The van der Waals surface area contributed by atoms with Gasteiger partial charge in [-0.3, -0.25) is 4.79 Å². The lowest BCUT2D eigenvalue weighted by Crippen LogP contribution is -2.22. The largest absolute Gasteiger partial charge is 0.393 e. The number of ether oxygens (including phenoxy) is 1. The molecule has 0 spiro atoms. The van der Waals surface area contributed by atoms with Crippen molar-refractivity contribution in [3.05, 3.63) is 12.2 Å². The molecule has 3 unspecified atom stereocenters. The van der Waals surface area contributed by atoms with E-state index >= 15 is 0 Å². The quantitative estimate of drug-likeness (QED) is 0.452. The first-order valence-electron chi connectivity index (χ1n) is 10.8. The van der Waals surface area contributed by atoms with Gasteiger partial charge in [-0.05, 0) is 62.4 Å². The van der Waals surface area contributed by atoms with Gasteiger partial charge in [0, 0.05) is 6.42 Å². The van der Waals surface area contributed by atoms with E-state index in [0.29, 0.717) is 11.8 Å². The van der Waals surface area contributed by atoms with Gasteiger partial charge in [0.1, 0.15) is 6.61 Å². The average Bonchev–Trinajstić information content (AvgIpc) is 3.16. The standard InChI is InChI=1S/C22H38O5/c1-3-7-15(2)20(25)11-6-10-18-19-12-17(27-22(19)13-21(18)26)9-5-4-8-16(24)14-23/h4,8,15,17-23,25-26H,3,5-7,9-14H2,1-2H3/t15?,17?,18-,19-,20?,21-,22+/m1/s1. The number of fused-ring (bicyclic) bond motifs is 1. The molecule has 0 aromatic carbocycles. The van der Waals surface area contributed by atoms with Crippen LogP contribution in [0.4, 0.5) is 0 Å². The van der Waals surface area contributed by atoms with E-state index in [4.69, 9.17) is 9.84 Å². The molecule has 0 bridgehead atoms. The first-order valence-corrected chi connectivity index (χ1v) is 10.8. The molecule has 27 heavy (non-hydrogen) atoms. The Labute approximate surface area is 163 Å². The molecular formula is C22H38O5. The molecule has 1 heterocycles. The van der Waals surface area contributed by atoms with Crippen molar-refractivity contribution in [3.63, 3.8) is 0 Å². The zero-order valence-corrected chi connectivity index (χ0v) is 16.9. The lowest BCUT2D eigenvalue weighted by atomic mass is 9.85. The van der Waals surface area contributed by atoms with E-state index in [9.17, 15) is 15.0 Å². The highest BCUT2D eigenvalue weighted by Crippen LogP contribution is 2.46. The Morgan fingerprint density at radius 2 is 2.04 bits per heavy atom. The maximum atomic E-state index is 11.1. The SMILES string of the molecule is CCCC(C)C(O)CCC[C@@H]1[C@H]2CC(CCC=CC(=O)CO)O[C@H]2C[C@H]1O. The van der Waals surface area contributed by atoms with Crippen LogP contribution in [0.3, 0.4) is 0 Å². The molecule has 2 fully saturated rings. The van der Waals surface area contributed by atoms with Gasteiger partial charge in [0.25, 0.3) is 0 Å². The Morgan fingerprint density at radius 3 is 2.74 bits per heavy atom. The smallest absolute Gasteiger partial charge is 0.180 e. The van der Waals surface area contributed by atoms with Crippen LogP contribution in [0.25, 0.3) is 0 Å². The second-order valence-corrected chi connectivity index (χ2v) is 8.53. The number of ketones is 1. The molecule has 1 aliphatic heterocycles. The average molecular weight is 383 g/mol. The van der Waals surface area contributed by atoms with E-state index in [1.807, 2.05) is 0 Å². The van der Waals surface area contributed by atoms with Gasteiger partial charge in [-0.25, -0.2) is 0 Å². The minimum atomic E-state index is -0.438. The van der Waals surface area contributed by atoms with Crippen molar-refractivity contribution in [1.29, 1.82) is 0 Å². The molecule has 2 rings (SSSR count). The molecule has 0 aromatic heterocycles. The van der Waals surface area contributed by atoms with Crippen molar-refractivity contribution in [2.75, 3.05) is 6.61 Å². The molecule has 1 saturated carbocycles. The fraction of sp³-hybridized carbons (Fsp3) is 0.864. The van der Waals surface area contributed by atoms with E-state index in [2.05, 4.69) is 13.8 Å². The summed E-state index contributed by atoms with van der Waals surface area (Å²) in [5, 5.41) is 29.4. The Balaban J connectivity index is 1.72. The lowest BCUT2D eigenvalue weighted by molar-refractivity contribution is -0.117. The van der Waals surface area contributed by atoms with Crippen LogP contribution in [0.1, 0.15) is 71.6 Å². The molecule has 156 valence electrons. The predicted octanol–water partition coefficient (Wildman–Crippen LogP) is 3.01. The summed E-state index contributed by atoms with van der Waals surface area (Å²) in [7, 11) is 0. The van der Waals surface area contributed by atoms with Crippen LogP contribution in [-0.4, -0.2) is 52.1 Å². The minimum Gasteiger partial charge on any atom is -0.393 e. The zero-order chi connectivity index (χ0) is 19.8. The van der Waals surface area contributed by atoms with Gasteiger partial charge in [0.2, 0.25) is 0 Å². The molecule has 1 saturated heterocycles. The minimum absolute atomic E-state index is 0.155. The number of aliphatic hydroxyl groups excluding tert-OH is 3. The van der Waals surface area contributed by atoms with Crippen molar-refractivity contribution in [2.24, 2.45) is 17.8 Å². The number of carbonyl (C=O) groups excluding carboxylic acids is 1. The van der Waals surface area contributed by atoms with Crippen LogP contribution in [0.2, 0.25) is 0 Å². The van der Waals surface area contributed by atoms with Gasteiger partial charge in [-0.1, -0.05) is 32.8 Å². The van der Waals surface area contributed by atoms with E-state index in [-0.39, 0.29) is 36.1 Å². The van der Waals surface area contributed by atoms with Crippen molar-refractivity contribution < 1.29 is 24.9 Å². The van der Waals surface area contributed by atoms with Gasteiger partial charge >= 0.3 is 0 Å². The van der Waals surface area contributed by atoms with Crippen molar-refractivity contribution in [2.45, 2.75) is 96.1 Å². The topological polar surface area (TPSA) is 87.0 Å². The molecule has 0 amide bonds. The summed E-state index contributed by atoms with van der Waals surface area (Å²) in [6.45, 7) is 3.83. The van der Waals surface area contributed by atoms with Crippen LogP contribution < -0.4 is 0 Å². The van der Waals surface area contributed by atoms with Crippen LogP contribution in [-0.2, 0) is 9.53 Å². The number of rotatable bonds is 12. The number of allylic oxidation sites excluding steroid dienone is 1. The van der Waals surface area contributed by atoms with E-state index in [1.54, 1.807) is 6.08 Å². The third-order valence-corrected chi connectivity index (χ3v) is 6.45. The molecule has 5 nitrogen and oxygen atoms in total. The number of hydrogen-bond acceptors (Lipinski definition) is 5. The molecule has 1 aliphatic carbocycles. The van der Waals surface area contributed by atoms with Gasteiger partial charge in [-0.2, -0.15) is 0 Å². The number of aliphatic hydroxyl groups is 3. The summed E-state index contributed by atoms with van der Waals surface area (Å²) in [6, 6.07) is 0. The monoisotopic (exact) mass is 382 g/mol. The molecule has 0 aromatic rings.